The zero-order valence-electron chi connectivity index (χ0n) is 10.8. The Hall–Kier alpha value is -0.810. The maximum absolute atomic E-state index is 9.65. The third-order valence-corrected chi connectivity index (χ3v) is 1.31. The summed E-state index contributed by atoms with van der Waals surface area (Å²) in [6.07, 6.45) is -2.80. The van der Waals surface area contributed by atoms with Gasteiger partial charge in [0.25, 0.3) is 0 Å². The largest absolute Gasteiger partial charge is 0.481 e. The van der Waals surface area contributed by atoms with E-state index < -0.39 is 24.3 Å². The fraction of sp³-hybridized carbons (Fsp3) is 0.900. The van der Waals surface area contributed by atoms with Crippen molar-refractivity contribution in [2.45, 2.75) is 31.7 Å². The molecule has 0 amide bonds. The van der Waals surface area contributed by atoms with Gasteiger partial charge in [-0.25, -0.2) is 0 Å². The molecule has 0 aliphatic carbocycles. The minimum atomic E-state index is -0.963. The van der Waals surface area contributed by atoms with Crippen LogP contribution < -0.4 is 0 Å². The minimum Gasteiger partial charge on any atom is -0.481 e. The number of rotatable bonds is 6. The molecule has 0 aromatic rings. The van der Waals surface area contributed by atoms with Crippen LogP contribution >= 0.6 is 0 Å². The molecule has 0 heterocycles. The summed E-state index contributed by atoms with van der Waals surface area (Å²) in [6.45, 7) is -0.0197. The molecule has 0 aliphatic rings. The highest BCUT2D eigenvalue weighted by Crippen LogP contribution is 1.85. The van der Waals surface area contributed by atoms with Gasteiger partial charge in [0.2, 0.25) is 0 Å². The summed E-state index contributed by atoms with van der Waals surface area (Å²) in [6, 6.07) is 0. The SMILES string of the molecule is CC(O)CC(=O)O.OCC(O)CO.OCC(O)CO. The molecular formula is C10H24O9. The van der Waals surface area contributed by atoms with Crippen molar-refractivity contribution >= 4 is 5.97 Å². The van der Waals surface area contributed by atoms with Crippen LogP contribution in [0.4, 0.5) is 0 Å². The van der Waals surface area contributed by atoms with Gasteiger partial charge in [-0.1, -0.05) is 0 Å². The number of aliphatic hydroxyl groups is 7. The van der Waals surface area contributed by atoms with Gasteiger partial charge in [-0.3, -0.25) is 4.79 Å². The van der Waals surface area contributed by atoms with Crippen LogP contribution in [-0.2, 0) is 4.79 Å². The number of hydrogen-bond donors (Lipinski definition) is 8. The van der Waals surface area contributed by atoms with Crippen molar-refractivity contribution in [3.63, 3.8) is 0 Å². The molecule has 0 aromatic carbocycles. The van der Waals surface area contributed by atoms with Gasteiger partial charge < -0.3 is 40.9 Å². The zero-order chi connectivity index (χ0) is 15.8. The molecule has 0 spiro atoms. The highest BCUT2D eigenvalue weighted by atomic mass is 16.4. The first-order valence-electron chi connectivity index (χ1n) is 5.44. The fourth-order valence-corrected chi connectivity index (χ4v) is 0.368. The van der Waals surface area contributed by atoms with Gasteiger partial charge in [0.1, 0.15) is 12.2 Å². The Labute approximate surface area is 111 Å². The fourth-order valence-electron chi connectivity index (χ4n) is 0.368. The van der Waals surface area contributed by atoms with Crippen LogP contribution in [0, 0.1) is 0 Å². The Morgan fingerprint density at radius 1 is 0.842 bits per heavy atom. The highest BCUT2D eigenvalue weighted by Gasteiger charge is 2.00. The molecule has 1 unspecified atom stereocenters. The average molecular weight is 288 g/mol. The molecule has 118 valence electrons. The summed E-state index contributed by atoms with van der Waals surface area (Å²) in [5.41, 5.74) is 0. The lowest BCUT2D eigenvalue weighted by atomic mass is 10.3. The Bertz CT molecular complexity index is 168. The van der Waals surface area contributed by atoms with E-state index in [1.807, 2.05) is 0 Å². The van der Waals surface area contributed by atoms with Crippen LogP contribution in [0.25, 0.3) is 0 Å². The second kappa shape index (κ2) is 17.2. The molecule has 0 bridgehead atoms. The van der Waals surface area contributed by atoms with Crippen LogP contribution in [0.5, 0.6) is 0 Å². The third kappa shape index (κ3) is 31.7. The van der Waals surface area contributed by atoms with E-state index in [1.54, 1.807) is 0 Å². The van der Waals surface area contributed by atoms with Crippen molar-refractivity contribution in [3.05, 3.63) is 0 Å². The smallest absolute Gasteiger partial charge is 0.305 e. The second-order valence-electron chi connectivity index (χ2n) is 3.48. The highest BCUT2D eigenvalue weighted by molar-refractivity contribution is 5.67. The summed E-state index contributed by atoms with van der Waals surface area (Å²) in [4.78, 5) is 9.65. The lowest BCUT2D eigenvalue weighted by Crippen LogP contribution is -2.15. The first-order valence-corrected chi connectivity index (χ1v) is 5.44. The first-order chi connectivity index (χ1) is 8.74. The van der Waals surface area contributed by atoms with Gasteiger partial charge in [-0.2, -0.15) is 0 Å². The molecule has 0 radical (unpaired) electrons. The molecule has 0 rings (SSSR count). The van der Waals surface area contributed by atoms with Gasteiger partial charge in [-0.05, 0) is 6.92 Å². The predicted molar refractivity (Wildman–Crippen MR) is 64.3 cm³/mol. The molecule has 1 atom stereocenters. The Morgan fingerprint density at radius 3 is 1.11 bits per heavy atom. The van der Waals surface area contributed by atoms with E-state index >= 15 is 0 Å². The number of carboxylic acids is 1. The van der Waals surface area contributed by atoms with E-state index in [2.05, 4.69) is 0 Å². The second-order valence-corrected chi connectivity index (χ2v) is 3.48. The van der Waals surface area contributed by atoms with Gasteiger partial charge in [0.15, 0.2) is 0 Å². The van der Waals surface area contributed by atoms with E-state index in [9.17, 15) is 4.79 Å². The predicted octanol–water partition coefficient (Wildman–Crippen LogP) is -3.49. The molecular weight excluding hydrogens is 264 g/mol. The van der Waals surface area contributed by atoms with Crippen LogP contribution in [0.15, 0.2) is 0 Å². The summed E-state index contributed by atoms with van der Waals surface area (Å²) >= 11 is 0. The molecule has 0 saturated carbocycles. The van der Waals surface area contributed by atoms with Gasteiger partial charge >= 0.3 is 5.97 Å². The topological polar surface area (TPSA) is 179 Å². The number of carboxylic acid groups (broad SMARTS) is 1. The minimum absolute atomic E-state index is 0.167. The van der Waals surface area contributed by atoms with Crippen molar-refractivity contribution in [2.24, 2.45) is 0 Å². The summed E-state index contributed by atoms with van der Waals surface area (Å²) in [5.74, 6) is -0.963. The van der Waals surface area contributed by atoms with Crippen molar-refractivity contribution in [1.82, 2.24) is 0 Å². The molecule has 9 nitrogen and oxygen atoms in total. The van der Waals surface area contributed by atoms with Crippen LogP contribution in [-0.4, -0.2) is 91.6 Å². The quantitative estimate of drug-likeness (QED) is 0.246. The number of aliphatic carboxylic acids is 1. The molecule has 0 fully saturated rings. The van der Waals surface area contributed by atoms with Gasteiger partial charge in [0.05, 0.1) is 39.0 Å². The van der Waals surface area contributed by atoms with Crippen molar-refractivity contribution in [3.8, 4) is 0 Å². The normalized spacial score (nSPS) is 11.3. The molecule has 0 aromatic heterocycles. The first kappa shape index (κ1) is 23.3. The Morgan fingerprint density at radius 2 is 1.11 bits per heavy atom. The molecule has 0 saturated heterocycles. The van der Waals surface area contributed by atoms with Crippen molar-refractivity contribution in [1.29, 1.82) is 0 Å². The van der Waals surface area contributed by atoms with E-state index in [0.717, 1.165) is 0 Å². The van der Waals surface area contributed by atoms with Crippen LogP contribution in [0.2, 0.25) is 0 Å². The Kier molecular flexibility index (Phi) is 21.1. The van der Waals surface area contributed by atoms with Gasteiger partial charge in [-0.15, -0.1) is 0 Å². The zero-order valence-corrected chi connectivity index (χ0v) is 10.8. The molecule has 9 heteroatoms. The number of aliphatic hydroxyl groups excluding tert-OH is 7. The monoisotopic (exact) mass is 288 g/mol. The third-order valence-electron chi connectivity index (χ3n) is 1.31. The molecule has 8 N–H and O–H groups in total. The standard InChI is InChI=1S/C4H8O3.2C3H8O3/c1-3(5)2-4(6)7;2*4-1-3(6)2-5/h3,5H,2H2,1H3,(H,6,7);2*3-6H,1-2H2. The van der Waals surface area contributed by atoms with E-state index in [-0.39, 0.29) is 32.8 Å². The van der Waals surface area contributed by atoms with E-state index in [1.165, 1.54) is 6.92 Å². The van der Waals surface area contributed by atoms with E-state index in [4.69, 9.17) is 40.9 Å². The lowest BCUT2D eigenvalue weighted by Gasteiger charge is -1.96. The average Bonchev–Trinajstić information content (AvgIpc) is 2.36. The van der Waals surface area contributed by atoms with Gasteiger partial charge in [0, 0.05) is 0 Å². The van der Waals surface area contributed by atoms with E-state index in [0.29, 0.717) is 0 Å². The molecule has 0 aliphatic heterocycles. The maximum atomic E-state index is 9.65. The molecule has 19 heavy (non-hydrogen) atoms. The Balaban J connectivity index is -0.000000203. The van der Waals surface area contributed by atoms with Crippen LogP contribution in [0.3, 0.4) is 0 Å². The maximum Gasteiger partial charge on any atom is 0.305 e. The van der Waals surface area contributed by atoms with Crippen LogP contribution in [0.1, 0.15) is 13.3 Å². The lowest BCUT2D eigenvalue weighted by molar-refractivity contribution is -0.138. The summed E-state index contributed by atoms with van der Waals surface area (Å²) in [7, 11) is 0. The summed E-state index contributed by atoms with van der Waals surface area (Å²) < 4.78 is 0. The number of hydrogen-bond acceptors (Lipinski definition) is 8. The summed E-state index contributed by atoms with van der Waals surface area (Å²) in [5, 5.41) is 64.3. The van der Waals surface area contributed by atoms with Crippen molar-refractivity contribution < 1.29 is 45.6 Å². The number of carbonyl (C=O) groups is 1. The van der Waals surface area contributed by atoms with Crippen molar-refractivity contribution in [2.75, 3.05) is 26.4 Å².